The van der Waals surface area contributed by atoms with Crippen molar-refractivity contribution in [2.75, 3.05) is 39.4 Å². The van der Waals surface area contributed by atoms with Crippen molar-refractivity contribution in [2.24, 2.45) is 0 Å². The van der Waals surface area contributed by atoms with Crippen LogP contribution < -0.4 is 5.32 Å². The average molecular weight is 224 g/mol. The van der Waals surface area contributed by atoms with Crippen LogP contribution in [0.1, 0.15) is 10.5 Å². The lowest BCUT2D eigenvalue weighted by Gasteiger charge is -2.26. The van der Waals surface area contributed by atoms with Crippen LogP contribution >= 0.6 is 0 Å². The van der Waals surface area contributed by atoms with E-state index in [4.69, 9.17) is 4.74 Å². The molecule has 1 aromatic rings. The summed E-state index contributed by atoms with van der Waals surface area (Å²) in [6.45, 7) is 4.96. The van der Waals surface area contributed by atoms with Gasteiger partial charge in [-0.15, -0.1) is 0 Å². The van der Waals surface area contributed by atoms with Gasteiger partial charge < -0.3 is 10.1 Å². The van der Waals surface area contributed by atoms with E-state index in [0.29, 0.717) is 12.2 Å². The second-order valence-electron chi connectivity index (χ2n) is 3.67. The van der Waals surface area contributed by atoms with Crippen LogP contribution in [0.3, 0.4) is 0 Å². The van der Waals surface area contributed by atoms with Crippen LogP contribution in [0.2, 0.25) is 0 Å². The van der Waals surface area contributed by atoms with E-state index >= 15 is 0 Å². The Morgan fingerprint density at radius 2 is 2.38 bits per heavy atom. The molecular formula is C10H16N4O2. The molecule has 1 aliphatic rings. The predicted octanol–water partition coefficient (Wildman–Crippen LogP) is -0.528. The number of aromatic amines is 1. The number of aromatic nitrogens is 2. The van der Waals surface area contributed by atoms with Crippen LogP contribution in [0.25, 0.3) is 0 Å². The molecule has 1 amide bonds. The molecule has 0 unspecified atom stereocenters. The molecule has 0 aliphatic carbocycles. The fourth-order valence-electron chi connectivity index (χ4n) is 1.63. The number of H-pyrrole nitrogens is 1. The Morgan fingerprint density at radius 3 is 3.06 bits per heavy atom. The van der Waals surface area contributed by atoms with Crippen molar-refractivity contribution in [2.45, 2.75) is 0 Å². The smallest absolute Gasteiger partial charge is 0.271 e. The Kier molecular flexibility index (Phi) is 3.90. The number of hydrogen-bond donors (Lipinski definition) is 2. The lowest BCUT2D eigenvalue weighted by Crippen LogP contribution is -2.41. The second kappa shape index (κ2) is 5.62. The number of ether oxygens (including phenoxy) is 1. The number of hydrogen-bond acceptors (Lipinski definition) is 4. The van der Waals surface area contributed by atoms with Gasteiger partial charge in [-0.1, -0.05) is 0 Å². The number of morpholine rings is 1. The molecule has 1 fully saturated rings. The number of nitrogens with one attached hydrogen (secondary N) is 2. The molecule has 0 saturated carbocycles. The number of amides is 1. The number of nitrogens with zero attached hydrogens (tertiary/aromatic N) is 2. The van der Waals surface area contributed by atoms with Gasteiger partial charge in [0.1, 0.15) is 5.69 Å². The van der Waals surface area contributed by atoms with Crippen LogP contribution in [-0.4, -0.2) is 60.4 Å². The Hall–Kier alpha value is -1.40. The topological polar surface area (TPSA) is 70.2 Å². The molecule has 6 heteroatoms. The molecule has 1 aliphatic heterocycles. The highest BCUT2D eigenvalue weighted by molar-refractivity contribution is 5.92. The van der Waals surface area contributed by atoms with Crippen LogP contribution in [0, 0.1) is 0 Å². The highest BCUT2D eigenvalue weighted by Gasteiger charge is 2.11. The molecule has 0 radical (unpaired) electrons. The molecule has 16 heavy (non-hydrogen) atoms. The zero-order chi connectivity index (χ0) is 11.2. The molecule has 1 saturated heterocycles. The fourth-order valence-corrected chi connectivity index (χ4v) is 1.63. The van der Waals surface area contributed by atoms with Crippen molar-refractivity contribution < 1.29 is 9.53 Å². The van der Waals surface area contributed by atoms with Gasteiger partial charge in [0.05, 0.1) is 13.2 Å². The van der Waals surface area contributed by atoms with Crippen LogP contribution in [-0.2, 0) is 4.74 Å². The Bertz CT molecular complexity index is 320. The molecule has 6 nitrogen and oxygen atoms in total. The molecule has 2 N–H and O–H groups in total. The minimum Gasteiger partial charge on any atom is -0.379 e. The summed E-state index contributed by atoms with van der Waals surface area (Å²) in [6.07, 6.45) is 1.64. The van der Waals surface area contributed by atoms with E-state index in [1.807, 2.05) is 0 Å². The lowest BCUT2D eigenvalue weighted by molar-refractivity contribution is 0.0383. The van der Waals surface area contributed by atoms with Gasteiger partial charge in [-0.3, -0.25) is 14.8 Å². The van der Waals surface area contributed by atoms with Gasteiger partial charge in [-0.25, -0.2) is 0 Å². The summed E-state index contributed by atoms with van der Waals surface area (Å²) in [5, 5.41) is 9.25. The normalized spacial score (nSPS) is 17.2. The first kappa shape index (κ1) is 11.1. The third kappa shape index (κ3) is 3.04. The first-order valence-electron chi connectivity index (χ1n) is 5.44. The monoisotopic (exact) mass is 224 g/mol. The summed E-state index contributed by atoms with van der Waals surface area (Å²) in [7, 11) is 0. The predicted molar refractivity (Wildman–Crippen MR) is 58.2 cm³/mol. The Morgan fingerprint density at radius 1 is 1.56 bits per heavy atom. The quantitative estimate of drug-likeness (QED) is 0.721. The van der Waals surface area contributed by atoms with E-state index in [1.165, 1.54) is 0 Å². The van der Waals surface area contributed by atoms with Gasteiger partial charge >= 0.3 is 0 Å². The van der Waals surface area contributed by atoms with Crippen molar-refractivity contribution in [1.82, 2.24) is 20.4 Å². The van der Waals surface area contributed by atoms with E-state index in [1.54, 1.807) is 12.3 Å². The molecule has 0 atom stereocenters. The van der Waals surface area contributed by atoms with E-state index in [-0.39, 0.29) is 5.91 Å². The van der Waals surface area contributed by atoms with Gasteiger partial charge in [-0.2, -0.15) is 5.10 Å². The van der Waals surface area contributed by atoms with Crippen LogP contribution in [0.5, 0.6) is 0 Å². The SMILES string of the molecule is O=C(NCCN1CCOCC1)c1cc[nH]n1. The van der Waals surface area contributed by atoms with Gasteiger partial charge in [-0.05, 0) is 6.07 Å². The first-order chi connectivity index (χ1) is 7.86. The van der Waals surface area contributed by atoms with Crippen molar-refractivity contribution in [3.8, 4) is 0 Å². The van der Waals surface area contributed by atoms with Crippen LogP contribution in [0.4, 0.5) is 0 Å². The summed E-state index contributed by atoms with van der Waals surface area (Å²) in [5.41, 5.74) is 0.432. The minimum atomic E-state index is -0.130. The molecule has 0 spiro atoms. The lowest BCUT2D eigenvalue weighted by atomic mass is 10.4. The first-order valence-corrected chi connectivity index (χ1v) is 5.44. The standard InChI is InChI=1S/C10H16N4O2/c15-10(9-1-2-12-13-9)11-3-4-14-5-7-16-8-6-14/h1-2H,3-8H2,(H,11,15)(H,12,13). The zero-order valence-electron chi connectivity index (χ0n) is 9.11. The number of rotatable bonds is 4. The highest BCUT2D eigenvalue weighted by atomic mass is 16.5. The van der Waals surface area contributed by atoms with Crippen molar-refractivity contribution in [3.05, 3.63) is 18.0 Å². The fraction of sp³-hybridized carbons (Fsp3) is 0.600. The van der Waals surface area contributed by atoms with Crippen LogP contribution in [0.15, 0.2) is 12.3 Å². The largest absolute Gasteiger partial charge is 0.379 e. The highest BCUT2D eigenvalue weighted by Crippen LogP contribution is 1.95. The molecular weight excluding hydrogens is 208 g/mol. The molecule has 88 valence electrons. The van der Waals surface area contributed by atoms with E-state index in [9.17, 15) is 4.79 Å². The average Bonchev–Trinajstić information content (AvgIpc) is 2.84. The molecule has 2 rings (SSSR count). The van der Waals surface area contributed by atoms with E-state index in [2.05, 4.69) is 20.4 Å². The van der Waals surface area contributed by atoms with Gasteiger partial charge in [0.25, 0.3) is 5.91 Å². The summed E-state index contributed by atoms with van der Waals surface area (Å²) < 4.78 is 5.24. The number of carbonyl (C=O) groups excluding carboxylic acids is 1. The summed E-state index contributed by atoms with van der Waals surface area (Å²) >= 11 is 0. The molecule has 0 aromatic carbocycles. The summed E-state index contributed by atoms with van der Waals surface area (Å²) in [4.78, 5) is 13.8. The summed E-state index contributed by atoms with van der Waals surface area (Å²) in [6, 6.07) is 1.66. The maximum atomic E-state index is 11.5. The van der Waals surface area contributed by atoms with E-state index in [0.717, 1.165) is 32.8 Å². The Balaban J connectivity index is 1.66. The van der Waals surface area contributed by atoms with Gasteiger partial charge in [0.15, 0.2) is 0 Å². The third-order valence-corrected chi connectivity index (χ3v) is 2.55. The molecule has 1 aromatic heterocycles. The Labute approximate surface area is 94.0 Å². The van der Waals surface area contributed by atoms with Gasteiger partial charge in [0, 0.05) is 32.4 Å². The van der Waals surface area contributed by atoms with E-state index < -0.39 is 0 Å². The molecule has 0 bridgehead atoms. The zero-order valence-corrected chi connectivity index (χ0v) is 9.11. The number of carbonyl (C=O) groups is 1. The van der Waals surface area contributed by atoms with Crippen molar-refractivity contribution >= 4 is 5.91 Å². The minimum absolute atomic E-state index is 0.130. The second-order valence-corrected chi connectivity index (χ2v) is 3.67. The van der Waals surface area contributed by atoms with Crippen molar-refractivity contribution in [1.29, 1.82) is 0 Å². The maximum Gasteiger partial charge on any atom is 0.271 e. The maximum absolute atomic E-state index is 11.5. The van der Waals surface area contributed by atoms with Crippen molar-refractivity contribution in [3.63, 3.8) is 0 Å². The third-order valence-electron chi connectivity index (χ3n) is 2.55. The molecule has 2 heterocycles. The summed E-state index contributed by atoms with van der Waals surface area (Å²) in [5.74, 6) is -0.130. The van der Waals surface area contributed by atoms with Gasteiger partial charge in [0.2, 0.25) is 0 Å².